The summed E-state index contributed by atoms with van der Waals surface area (Å²) in [6.07, 6.45) is 0. The summed E-state index contributed by atoms with van der Waals surface area (Å²) >= 11 is 0.777. The third-order valence-corrected chi connectivity index (χ3v) is 7.15. The zero-order valence-electron chi connectivity index (χ0n) is 19.5. The van der Waals surface area contributed by atoms with E-state index in [1.54, 1.807) is 42.5 Å². The van der Waals surface area contributed by atoms with E-state index in [-0.39, 0.29) is 29.3 Å². The van der Waals surface area contributed by atoms with E-state index in [1.807, 2.05) is 0 Å². The highest BCUT2D eigenvalue weighted by molar-refractivity contribution is 7.94. The molecule has 206 valence electrons. The third-order valence-electron chi connectivity index (χ3n) is 4.92. The summed E-state index contributed by atoms with van der Waals surface area (Å²) in [7, 11) is -8.64. The molecule has 0 aliphatic heterocycles. The number of anilines is 5. The highest BCUT2D eigenvalue weighted by atomic mass is 32.2. The van der Waals surface area contributed by atoms with E-state index in [4.69, 9.17) is 9.81 Å². The van der Waals surface area contributed by atoms with E-state index in [0.29, 0.717) is 27.0 Å². The molecule has 6 N–H and O–H groups in total. The minimum absolute atomic E-state index is 0.00577. The normalized spacial score (nSPS) is 11.9. The maximum atomic E-state index is 11.7. The van der Waals surface area contributed by atoms with Crippen LogP contribution in [0.2, 0.25) is 0 Å². The fourth-order valence-corrected chi connectivity index (χ4v) is 4.75. The SMILES string of the molecule is O=S(=O)(O)CCNc1nc(Nc2ccc(SOOO)cc2)nc(Nc2ccc3c(S(=O)(=O)O)cccc3c2)n1. The van der Waals surface area contributed by atoms with Gasteiger partial charge in [-0.3, -0.25) is 9.11 Å². The number of fused-ring (bicyclic) bond motifs is 1. The number of aromatic nitrogens is 3. The molecule has 0 unspecified atom stereocenters. The van der Waals surface area contributed by atoms with E-state index in [0.717, 1.165) is 12.0 Å². The second kappa shape index (κ2) is 12.1. The van der Waals surface area contributed by atoms with Crippen LogP contribution in [0, 0.1) is 0 Å². The second-order valence-electron chi connectivity index (χ2n) is 7.69. The van der Waals surface area contributed by atoms with Gasteiger partial charge >= 0.3 is 0 Å². The molecule has 0 atom stereocenters. The Morgan fingerprint density at radius 1 is 0.821 bits per heavy atom. The van der Waals surface area contributed by atoms with Gasteiger partial charge in [-0.15, -0.1) is 4.33 Å². The highest BCUT2D eigenvalue weighted by Gasteiger charge is 2.15. The second-order valence-corrected chi connectivity index (χ2v) is 11.4. The lowest BCUT2D eigenvalue weighted by molar-refractivity contribution is -0.432. The van der Waals surface area contributed by atoms with E-state index >= 15 is 0 Å². The minimum Gasteiger partial charge on any atom is -0.353 e. The van der Waals surface area contributed by atoms with Crippen LogP contribution in [-0.2, 0) is 29.6 Å². The molecule has 0 aliphatic rings. The summed E-state index contributed by atoms with van der Waals surface area (Å²) < 4.78 is 68.4. The van der Waals surface area contributed by atoms with Gasteiger partial charge in [-0.05, 0) is 47.9 Å². The molecule has 39 heavy (non-hydrogen) atoms. The molecule has 0 amide bonds. The molecule has 18 heteroatoms. The van der Waals surface area contributed by atoms with Crippen molar-refractivity contribution in [2.75, 3.05) is 28.2 Å². The summed E-state index contributed by atoms with van der Waals surface area (Å²) in [5.74, 6) is -0.461. The quantitative estimate of drug-likeness (QED) is 0.0596. The monoisotopic (exact) mass is 596 g/mol. The van der Waals surface area contributed by atoms with Crippen molar-refractivity contribution in [3.8, 4) is 0 Å². The Morgan fingerprint density at radius 3 is 2.10 bits per heavy atom. The predicted octanol–water partition coefficient (Wildman–Crippen LogP) is 3.49. The Hall–Kier alpha value is -3.62. The van der Waals surface area contributed by atoms with Gasteiger partial charge in [0.1, 0.15) is 4.90 Å². The Morgan fingerprint density at radius 2 is 1.46 bits per heavy atom. The number of hydrogen-bond acceptors (Lipinski definition) is 14. The van der Waals surface area contributed by atoms with Crippen molar-refractivity contribution in [3.05, 3.63) is 60.7 Å². The van der Waals surface area contributed by atoms with E-state index in [2.05, 4.69) is 40.3 Å². The van der Waals surface area contributed by atoms with Crippen LogP contribution in [0.5, 0.6) is 0 Å². The lowest BCUT2D eigenvalue weighted by Gasteiger charge is -2.12. The van der Waals surface area contributed by atoms with E-state index in [1.165, 1.54) is 18.2 Å². The smallest absolute Gasteiger partial charge is 0.295 e. The van der Waals surface area contributed by atoms with Crippen molar-refractivity contribution >= 4 is 72.3 Å². The van der Waals surface area contributed by atoms with Gasteiger partial charge < -0.3 is 16.0 Å². The average molecular weight is 597 g/mol. The summed E-state index contributed by atoms with van der Waals surface area (Å²) in [5.41, 5.74) is 1.04. The van der Waals surface area contributed by atoms with Gasteiger partial charge in [0.05, 0.1) is 17.8 Å². The van der Waals surface area contributed by atoms with Crippen LogP contribution >= 0.6 is 12.0 Å². The molecule has 0 fully saturated rings. The van der Waals surface area contributed by atoms with Crippen molar-refractivity contribution in [3.63, 3.8) is 0 Å². The summed E-state index contributed by atoms with van der Waals surface area (Å²) in [6.45, 7) is -0.186. The first-order valence-electron chi connectivity index (χ1n) is 10.7. The highest BCUT2D eigenvalue weighted by Crippen LogP contribution is 2.27. The van der Waals surface area contributed by atoms with E-state index in [9.17, 15) is 21.4 Å². The van der Waals surface area contributed by atoms with Crippen LogP contribution in [-0.4, -0.2) is 58.4 Å². The molecule has 0 saturated heterocycles. The molecule has 1 aromatic heterocycles. The molecule has 4 aromatic rings. The zero-order valence-corrected chi connectivity index (χ0v) is 22.0. The van der Waals surface area contributed by atoms with Crippen molar-refractivity contribution in [1.82, 2.24) is 15.0 Å². The van der Waals surface area contributed by atoms with Gasteiger partial charge in [-0.2, -0.15) is 31.8 Å². The van der Waals surface area contributed by atoms with Gasteiger partial charge in [0.2, 0.25) is 17.8 Å². The number of hydrogen-bond donors (Lipinski definition) is 6. The molecule has 0 saturated carbocycles. The number of benzene rings is 3. The standard InChI is InChI=1S/C21H20N6O9S3/c28-35-36-37-16-7-4-14(5-8-16)23-20-25-19(22-10-11-38(29,30)31)26-21(27-20)24-15-6-9-17-13(12-15)2-1-3-18(17)39(32,33)34/h1-9,12,28H,10-11H2,(H,29,30,31)(H,32,33,34)(H3,22,23,24,25,26,27). The van der Waals surface area contributed by atoms with Crippen molar-refractivity contribution in [2.24, 2.45) is 0 Å². The zero-order chi connectivity index (χ0) is 28.0. The lowest BCUT2D eigenvalue weighted by Crippen LogP contribution is -2.17. The summed E-state index contributed by atoms with van der Waals surface area (Å²) in [6, 6.07) is 15.8. The van der Waals surface area contributed by atoms with E-state index < -0.39 is 26.0 Å². The summed E-state index contributed by atoms with van der Waals surface area (Å²) in [4.78, 5) is 13.1. The fourth-order valence-electron chi connectivity index (χ4n) is 3.32. The maximum Gasteiger partial charge on any atom is 0.295 e. The van der Waals surface area contributed by atoms with Gasteiger partial charge in [-0.1, -0.05) is 23.2 Å². The molecule has 0 radical (unpaired) electrons. The molecular formula is C21H20N6O9S3. The van der Waals surface area contributed by atoms with Crippen LogP contribution in [0.25, 0.3) is 10.8 Å². The van der Waals surface area contributed by atoms with Crippen LogP contribution in [0.4, 0.5) is 29.2 Å². The molecule has 15 nitrogen and oxygen atoms in total. The Kier molecular flexibility index (Phi) is 8.77. The van der Waals surface area contributed by atoms with Crippen molar-refractivity contribution in [1.29, 1.82) is 0 Å². The van der Waals surface area contributed by atoms with Crippen molar-refractivity contribution in [2.45, 2.75) is 9.79 Å². The predicted molar refractivity (Wildman–Crippen MR) is 142 cm³/mol. The van der Waals surface area contributed by atoms with Gasteiger partial charge in [0.15, 0.2) is 0 Å². The van der Waals surface area contributed by atoms with Gasteiger partial charge in [0.25, 0.3) is 20.2 Å². The molecule has 0 aliphatic carbocycles. The Balaban J connectivity index is 1.61. The largest absolute Gasteiger partial charge is 0.353 e. The molecule has 0 bridgehead atoms. The maximum absolute atomic E-state index is 11.7. The first-order valence-corrected chi connectivity index (χ1v) is 14.5. The average Bonchev–Trinajstić information content (AvgIpc) is 2.86. The minimum atomic E-state index is -4.43. The van der Waals surface area contributed by atoms with Crippen LogP contribution in [0.15, 0.2) is 70.5 Å². The summed E-state index contributed by atoms with van der Waals surface area (Å²) in [5, 5.41) is 21.3. The molecule has 1 heterocycles. The van der Waals surface area contributed by atoms with Crippen molar-refractivity contribution < 1.29 is 40.6 Å². The molecule has 0 spiro atoms. The molecular weight excluding hydrogens is 576 g/mol. The van der Waals surface area contributed by atoms with Crippen LogP contribution in [0.1, 0.15) is 0 Å². The lowest BCUT2D eigenvalue weighted by atomic mass is 10.1. The number of nitrogens with zero attached hydrogens (tertiary/aromatic N) is 3. The Bertz CT molecular complexity index is 1690. The van der Waals surface area contributed by atoms with Gasteiger partial charge in [0, 0.05) is 28.2 Å². The third kappa shape index (κ3) is 8.18. The number of nitrogens with one attached hydrogen (secondary N) is 3. The molecule has 4 rings (SSSR count). The number of rotatable bonds is 12. The Labute approximate surface area is 226 Å². The first kappa shape index (κ1) is 28.4. The first-order chi connectivity index (χ1) is 18.5. The van der Waals surface area contributed by atoms with Gasteiger partial charge in [-0.25, -0.2) is 5.26 Å². The fraction of sp³-hybridized carbons (Fsp3) is 0.0952. The van der Waals surface area contributed by atoms with Crippen LogP contribution < -0.4 is 16.0 Å². The topological polar surface area (TPSA) is 222 Å². The van der Waals surface area contributed by atoms with Crippen LogP contribution in [0.3, 0.4) is 0 Å². The molecule has 3 aromatic carbocycles.